The second-order valence-corrected chi connectivity index (χ2v) is 7.19. The van der Waals surface area contributed by atoms with Gasteiger partial charge < -0.3 is 0 Å². The van der Waals surface area contributed by atoms with Crippen molar-refractivity contribution in [1.29, 1.82) is 0 Å². The molecule has 2 aromatic rings. The zero-order valence-corrected chi connectivity index (χ0v) is 14.6. The van der Waals surface area contributed by atoms with Gasteiger partial charge in [-0.15, -0.1) is 0 Å². The number of amides is 1. The molecule has 0 atom stereocenters. The number of hydrogen-bond donors (Lipinski definition) is 2. The molecular formula is C15H13Cl2N3O3S. The third-order valence-corrected chi connectivity index (χ3v) is 4.98. The Balaban J connectivity index is 1.87. The van der Waals surface area contributed by atoms with Gasteiger partial charge >= 0.3 is 0 Å². The van der Waals surface area contributed by atoms with Crippen LogP contribution in [0.3, 0.4) is 0 Å². The molecule has 1 amide bonds. The zero-order chi connectivity index (χ0) is 17.6. The van der Waals surface area contributed by atoms with Crippen molar-refractivity contribution in [3.8, 4) is 0 Å². The predicted molar refractivity (Wildman–Crippen MR) is 93.8 cm³/mol. The lowest BCUT2D eigenvalue weighted by Crippen LogP contribution is -2.34. The number of hydrazone groups is 1. The summed E-state index contributed by atoms with van der Waals surface area (Å²) in [6.07, 6.45) is 1.37. The van der Waals surface area contributed by atoms with Gasteiger partial charge in [-0.2, -0.15) is 5.10 Å². The van der Waals surface area contributed by atoms with Gasteiger partial charge in [0.25, 0.3) is 5.91 Å². The normalized spacial score (nSPS) is 11.6. The molecule has 0 aromatic heterocycles. The lowest BCUT2D eigenvalue weighted by atomic mass is 10.2. The maximum absolute atomic E-state index is 11.9. The van der Waals surface area contributed by atoms with Crippen LogP contribution in [0, 0.1) is 0 Å². The van der Waals surface area contributed by atoms with E-state index in [0.29, 0.717) is 15.6 Å². The van der Waals surface area contributed by atoms with E-state index in [2.05, 4.69) is 15.2 Å². The average molecular weight is 386 g/mol. The van der Waals surface area contributed by atoms with E-state index in [9.17, 15) is 13.2 Å². The lowest BCUT2D eigenvalue weighted by Gasteiger charge is -2.05. The van der Waals surface area contributed by atoms with Crippen LogP contribution < -0.4 is 10.1 Å². The molecule has 0 heterocycles. The van der Waals surface area contributed by atoms with Crippen molar-refractivity contribution >= 4 is 45.3 Å². The van der Waals surface area contributed by atoms with Gasteiger partial charge in [0.1, 0.15) is 0 Å². The molecule has 0 unspecified atom stereocenters. The zero-order valence-electron chi connectivity index (χ0n) is 12.2. The second-order valence-electron chi connectivity index (χ2n) is 4.60. The number of carbonyl (C=O) groups excluding carboxylic acids is 1. The highest BCUT2D eigenvalue weighted by Crippen LogP contribution is 2.21. The molecule has 0 saturated heterocycles. The molecule has 24 heavy (non-hydrogen) atoms. The summed E-state index contributed by atoms with van der Waals surface area (Å²) in [7, 11) is -3.74. The van der Waals surface area contributed by atoms with E-state index in [1.54, 1.807) is 36.4 Å². The van der Waals surface area contributed by atoms with Crippen molar-refractivity contribution in [2.24, 2.45) is 5.10 Å². The van der Waals surface area contributed by atoms with Gasteiger partial charge in [0.15, 0.2) is 0 Å². The number of benzene rings is 2. The summed E-state index contributed by atoms with van der Waals surface area (Å²) < 4.78 is 26.1. The quantitative estimate of drug-likeness (QED) is 0.591. The molecule has 0 fully saturated rings. The first-order valence-corrected chi connectivity index (χ1v) is 8.94. The molecule has 2 aromatic carbocycles. The fraction of sp³-hybridized carbons (Fsp3) is 0.0667. The smallest absolute Gasteiger partial charge is 0.255 e. The molecule has 0 saturated carbocycles. The molecule has 0 aliphatic heterocycles. The van der Waals surface area contributed by atoms with Gasteiger partial charge in [-0.25, -0.2) is 18.6 Å². The Morgan fingerprint density at radius 2 is 1.79 bits per heavy atom. The number of hydrogen-bond acceptors (Lipinski definition) is 4. The van der Waals surface area contributed by atoms with E-state index in [4.69, 9.17) is 23.2 Å². The summed E-state index contributed by atoms with van der Waals surface area (Å²) in [6.45, 7) is -0.435. The van der Waals surface area contributed by atoms with E-state index in [-0.39, 0.29) is 4.90 Å². The van der Waals surface area contributed by atoms with E-state index in [1.807, 2.05) is 0 Å². The Bertz CT molecular complexity index is 856. The summed E-state index contributed by atoms with van der Waals surface area (Å²) >= 11 is 11.6. The highest BCUT2D eigenvalue weighted by molar-refractivity contribution is 7.89. The topological polar surface area (TPSA) is 87.6 Å². The van der Waals surface area contributed by atoms with Crippen LogP contribution in [0.15, 0.2) is 58.5 Å². The monoisotopic (exact) mass is 385 g/mol. The van der Waals surface area contributed by atoms with Gasteiger partial charge in [-0.05, 0) is 29.8 Å². The first-order chi connectivity index (χ1) is 11.4. The van der Waals surface area contributed by atoms with E-state index >= 15 is 0 Å². The minimum absolute atomic E-state index is 0.0807. The molecule has 2 N–H and O–H groups in total. The number of sulfonamides is 1. The fourth-order valence-corrected chi connectivity index (χ4v) is 2.96. The minimum Gasteiger partial charge on any atom is -0.272 e. The Labute approximate surface area is 149 Å². The summed E-state index contributed by atoms with van der Waals surface area (Å²) in [5, 5.41) is 4.50. The van der Waals surface area contributed by atoms with Gasteiger partial charge in [-0.1, -0.05) is 47.5 Å². The van der Waals surface area contributed by atoms with Crippen LogP contribution in [0.1, 0.15) is 5.56 Å². The molecule has 0 radical (unpaired) electrons. The Kier molecular flexibility index (Phi) is 6.33. The van der Waals surface area contributed by atoms with Crippen LogP contribution in [0.25, 0.3) is 0 Å². The van der Waals surface area contributed by atoms with E-state index < -0.39 is 22.5 Å². The van der Waals surface area contributed by atoms with Crippen molar-refractivity contribution < 1.29 is 13.2 Å². The van der Waals surface area contributed by atoms with Crippen molar-refractivity contribution in [3.05, 3.63) is 64.1 Å². The number of carbonyl (C=O) groups is 1. The average Bonchev–Trinajstić information content (AvgIpc) is 2.57. The van der Waals surface area contributed by atoms with Crippen LogP contribution in [0.5, 0.6) is 0 Å². The summed E-state index contributed by atoms with van der Waals surface area (Å²) in [5.74, 6) is -0.606. The number of nitrogens with one attached hydrogen (secondary N) is 2. The Hall–Kier alpha value is -1.93. The first kappa shape index (κ1) is 18.4. The maximum atomic E-state index is 11.9. The molecule has 2 rings (SSSR count). The molecular weight excluding hydrogens is 373 g/mol. The van der Waals surface area contributed by atoms with Crippen LogP contribution in [0.4, 0.5) is 0 Å². The van der Waals surface area contributed by atoms with Crippen LogP contribution in [-0.4, -0.2) is 27.1 Å². The van der Waals surface area contributed by atoms with Crippen LogP contribution >= 0.6 is 23.2 Å². The fourth-order valence-electron chi connectivity index (χ4n) is 1.65. The highest BCUT2D eigenvalue weighted by atomic mass is 35.5. The summed E-state index contributed by atoms with van der Waals surface area (Å²) in [6, 6.07) is 12.6. The molecule has 6 nitrogen and oxygen atoms in total. The third-order valence-electron chi connectivity index (χ3n) is 2.82. The molecule has 0 aliphatic carbocycles. The van der Waals surface area contributed by atoms with Crippen LogP contribution in [-0.2, 0) is 14.8 Å². The number of rotatable bonds is 6. The van der Waals surface area contributed by atoms with E-state index in [0.717, 1.165) is 0 Å². The van der Waals surface area contributed by atoms with E-state index in [1.165, 1.54) is 18.3 Å². The minimum atomic E-state index is -3.74. The van der Waals surface area contributed by atoms with Gasteiger partial charge in [-0.3, -0.25) is 4.79 Å². The Morgan fingerprint density at radius 1 is 1.08 bits per heavy atom. The highest BCUT2D eigenvalue weighted by Gasteiger charge is 2.14. The van der Waals surface area contributed by atoms with Crippen molar-refractivity contribution in [1.82, 2.24) is 10.1 Å². The lowest BCUT2D eigenvalue weighted by molar-refractivity contribution is -0.119. The maximum Gasteiger partial charge on any atom is 0.255 e. The van der Waals surface area contributed by atoms with Gasteiger partial charge in [0, 0.05) is 0 Å². The van der Waals surface area contributed by atoms with Crippen LogP contribution in [0.2, 0.25) is 10.0 Å². The Morgan fingerprint density at radius 3 is 2.46 bits per heavy atom. The third kappa shape index (κ3) is 5.31. The molecule has 9 heteroatoms. The number of halogens is 2. The molecule has 0 aliphatic rings. The second kappa shape index (κ2) is 8.25. The number of nitrogens with zero attached hydrogens (tertiary/aromatic N) is 1. The first-order valence-electron chi connectivity index (χ1n) is 6.70. The molecule has 0 bridgehead atoms. The van der Waals surface area contributed by atoms with Crippen molar-refractivity contribution in [2.45, 2.75) is 4.90 Å². The van der Waals surface area contributed by atoms with Gasteiger partial charge in [0.05, 0.1) is 27.7 Å². The summed E-state index contributed by atoms with van der Waals surface area (Å²) in [5.41, 5.74) is 2.85. The largest absolute Gasteiger partial charge is 0.272 e. The summed E-state index contributed by atoms with van der Waals surface area (Å²) in [4.78, 5) is 11.7. The SMILES string of the molecule is O=C(CNS(=O)(=O)c1ccccc1)N/N=C\c1ccc(Cl)c(Cl)c1. The standard InChI is InChI=1S/C15H13Cl2N3O3S/c16-13-7-6-11(8-14(13)17)9-18-20-15(21)10-19-24(22,23)12-4-2-1-3-5-12/h1-9,19H,10H2,(H,20,21)/b18-9-. The predicted octanol–water partition coefficient (Wildman–Crippen LogP) is 2.42. The van der Waals surface area contributed by atoms with Crippen molar-refractivity contribution in [3.63, 3.8) is 0 Å². The molecule has 126 valence electrons. The van der Waals surface area contributed by atoms with Gasteiger partial charge in [0.2, 0.25) is 10.0 Å². The van der Waals surface area contributed by atoms with Crippen molar-refractivity contribution in [2.75, 3.05) is 6.54 Å². The molecule has 0 spiro atoms.